The zero-order valence-corrected chi connectivity index (χ0v) is 9.95. The van der Waals surface area contributed by atoms with Gasteiger partial charge < -0.3 is 15.4 Å². The monoisotopic (exact) mass is 245 g/mol. The van der Waals surface area contributed by atoms with Crippen LogP contribution < -0.4 is 5.73 Å². The average molecular weight is 245 g/mol. The van der Waals surface area contributed by atoms with Crippen molar-refractivity contribution >= 4 is 17.0 Å². The van der Waals surface area contributed by atoms with Crippen LogP contribution in [0.1, 0.15) is 18.9 Å². The summed E-state index contributed by atoms with van der Waals surface area (Å²) in [6.07, 6.45) is 4.93. The van der Waals surface area contributed by atoms with Crippen molar-refractivity contribution in [2.45, 2.75) is 18.9 Å². The fourth-order valence-electron chi connectivity index (χ4n) is 2.53. The van der Waals surface area contributed by atoms with E-state index in [1.165, 1.54) is 6.33 Å². The van der Waals surface area contributed by atoms with E-state index in [9.17, 15) is 0 Å². The van der Waals surface area contributed by atoms with Crippen molar-refractivity contribution in [2.75, 3.05) is 12.3 Å². The number of nitrogens with zero attached hydrogens (tertiary/aromatic N) is 4. The lowest BCUT2D eigenvalue weighted by molar-refractivity contribution is 0.219. The summed E-state index contributed by atoms with van der Waals surface area (Å²) >= 11 is 0. The van der Waals surface area contributed by atoms with Crippen LogP contribution in [0.15, 0.2) is 24.8 Å². The van der Waals surface area contributed by atoms with Gasteiger partial charge in [0.1, 0.15) is 11.8 Å². The lowest BCUT2D eigenvalue weighted by Gasteiger charge is -2.39. The van der Waals surface area contributed by atoms with Crippen LogP contribution >= 0.6 is 0 Å². The predicted molar refractivity (Wildman–Crippen MR) is 67.7 cm³/mol. The lowest BCUT2D eigenvalue weighted by atomic mass is 9.74. The number of nitrogens with two attached hydrogens (primary N) is 1. The minimum Gasteiger partial charge on any atom is -0.396 e. The molecule has 0 amide bonds. The topological polar surface area (TPSA) is 89.8 Å². The third-order valence-corrected chi connectivity index (χ3v) is 3.66. The van der Waals surface area contributed by atoms with Gasteiger partial charge in [0.05, 0.1) is 12.4 Å². The Morgan fingerprint density at radius 3 is 3.00 bits per heavy atom. The molecular formula is C12H15N5O. The fourth-order valence-corrected chi connectivity index (χ4v) is 2.53. The van der Waals surface area contributed by atoms with E-state index in [1.54, 1.807) is 6.33 Å². The van der Waals surface area contributed by atoms with Crippen LogP contribution in [0.5, 0.6) is 0 Å². The summed E-state index contributed by atoms with van der Waals surface area (Å²) in [5, 5.41) is 8.95. The molecule has 2 heterocycles. The van der Waals surface area contributed by atoms with Gasteiger partial charge in [-0.1, -0.05) is 12.2 Å². The largest absolute Gasteiger partial charge is 0.396 e. The van der Waals surface area contributed by atoms with E-state index >= 15 is 0 Å². The first-order valence-corrected chi connectivity index (χ1v) is 5.95. The maximum absolute atomic E-state index is 8.95. The molecule has 6 heteroatoms. The van der Waals surface area contributed by atoms with Gasteiger partial charge in [-0.25, -0.2) is 15.0 Å². The third-order valence-electron chi connectivity index (χ3n) is 3.66. The van der Waals surface area contributed by atoms with Gasteiger partial charge in [-0.15, -0.1) is 0 Å². The molecule has 2 unspecified atom stereocenters. The highest BCUT2D eigenvalue weighted by Gasteiger charge is 2.35. The summed E-state index contributed by atoms with van der Waals surface area (Å²) in [6, 6.07) is 0.209. The van der Waals surface area contributed by atoms with Crippen LogP contribution in [0.4, 0.5) is 5.82 Å². The summed E-state index contributed by atoms with van der Waals surface area (Å²) in [6.45, 7) is 4.30. The Morgan fingerprint density at radius 1 is 1.44 bits per heavy atom. The van der Waals surface area contributed by atoms with Crippen molar-refractivity contribution in [3.63, 3.8) is 0 Å². The highest BCUT2D eigenvalue weighted by Crippen LogP contribution is 2.45. The van der Waals surface area contributed by atoms with Crippen molar-refractivity contribution in [1.82, 2.24) is 19.5 Å². The number of aliphatic hydroxyl groups is 1. The van der Waals surface area contributed by atoms with E-state index in [2.05, 4.69) is 21.5 Å². The van der Waals surface area contributed by atoms with Crippen molar-refractivity contribution in [1.29, 1.82) is 0 Å². The Morgan fingerprint density at radius 2 is 2.28 bits per heavy atom. The van der Waals surface area contributed by atoms with E-state index in [1.807, 2.05) is 4.57 Å². The molecule has 6 nitrogen and oxygen atoms in total. The Balaban J connectivity index is 1.93. The molecule has 94 valence electrons. The maximum atomic E-state index is 8.95. The van der Waals surface area contributed by atoms with Gasteiger partial charge >= 0.3 is 0 Å². The number of hydrogen-bond donors (Lipinski definition) is 2. The van der Waals surface area contributed by atoms with Crippen LogP contribution in [0.3, 0.4) is 0 Å². The molecule has 3 rings (SSSR count). The summed E-state index contributed by atoms with van der Waals surface area (Å²) in [4.78, 5) is 12.4. The van der Waals surface area contributed by atoms with E-state index < -0.39 is 0 Å². The minimum atomic E-state index is 0.205. The number of nitrogen functional groups attached to an aromatic ring is 1. The van der Waals surface area contributed by atoms with E-state index in [4.69, 9.17) is 10.8 Å². The standard InChI is InChI=1S/C12H15N5O/c1-7-8(2-3-18)4-9(7)17-6-16-10-11(13)14-5-15-12(10)17/h5-6,8-9,18H,1-4H2,(H2,13,14,15). The van der Waals surface area contributed by atoms with Crippen molar-refractivity contribution in [3.8, 4) is 0 Å². The van der Waals surface area contributed by atoms with Crippen molar-refractivity contribution in [3.05, 3.63) is 24.8 Å². The average Bonchev–Trinajstić information content (AvgIpc) is 2.78. The molecule has 3 N–H and O–H groups in total. The quantitative estimate of drug-likeness (QED) is 0.784. The molecule has 0 bridgehead atoms. The number of anilines is 1. The number of fused-ring (bicyclic) bond motifs is 1. The van der Waals surface area contributed by atoms with Gasteiger partial charge in [-0.3, -0.25) is 0 Å². The first-order valence-electron chi connectivity index (χ1n) is 5.95. The zero-order valence-electron chi connectivity index (χ0n) is 9.95. The second-order valence-corrected chi connectivity index (χ2v) is 4.62. The van der Waals surface area contributed by atoms with Gasteiger partial charge in [-0.2, -0.15) is 0 Å². The van der Waals surface area contributed by atoms with Crippen LogP contribution in [-0.2, 0) is 0 Å². The highest BCUT2D eigenvalue weighted by molar-refractivity contribution is 5.81. The normalized spacial score (nSPS) is 23.3. The van der Waals surface area contributed by atoms with Gasteiger partial charge in [0.2, 0.25) is 0 Å². The Bertz CT molecular complexity index is 606. The van der Waals surface area contributed by atoms with E-state index in [0.717, 1.165) is 24.1 Å². The number of aliphatic hydroxyl groups excluding tert-OH is 1. The lowest BCUT2D eigenvalue weighted by Crippen LogP contribution is -2.30. The van der Waals surface area contributed by atoms with Crippen molar-refractivity contribution in [2.24, 2.45) is 5.92 Å². The molecule has 2 aromatic rings. The molecule has 2 aromatic heterocycles. The molecule has 1 fully saturated rings. The summed E-state index contributed by atoms with van der Waals surface area (Å²) < 4.78 is 1.99. The van der Waals surface area contributed by atoms with Gasteiger partial charge in [0.15, 0.2) is 11.5 Å². The first-order chi connectivity index (χ1) is 8.72. The molecule has 0 saturated heterocycles. The number of rotatable bonds is 3. The third kappa shape index (κ3) is 1.49. The van der Waals surface area contributed by atoms with Crippen LogP contribution in [0.25, 0.3) is 11.2 Å². The summed E-state index contributed by atoms with van der Waals surface area (Å²) in [7, 11) is 0. The number of imidazole rings is 1. The number of aromatic nitrogens is 4. The molecule has 1 saturated carbocycles. The Kier molecular flexibility index (Phi) is 2.52. The zero-order chi connectivity index (χ0) is 12.7. The SMILES string of the molecule is C=C1C(CCO)CC1n1cnc2c(N)ncnc21. The summed E-state index contributed by atoms with van der Waals surface area (Å²) in [5.74, 6) is 0.798. The second-order valence-electron chi connectivity index (χ2n) is 4.62. The van der Waals surface area contributed by atoms with Gasteiger partial charge in [0, 0.05) is 6.61 Å². The smallest absolute Gasteiger partial charge is 0.165 e. The van der Waals surface area contributed by atoms with Crippen LogP contribution in [0.2, 0.25) is 0 Å². The highest BCUT2D eigenvalue weighted by atomic mass is 16.3. The Labute approximate surface area is 104 Å². The van der Waals surface area contributed by atoms with Crippen LogP contribution in [0, 0.1) is 5.92 Å². The van der Waals surface area contributed by atoms with E-state index in [0.29, 0.717) is 17.3 Å². The molecular weight excluding hydrogens is 230 g/mol. The van der Waals surface area contributed by atoms with Crippen molar-refractivity contribution < 1.29 is 5.11 Å². The molecule has 1 aliphatic carbocycles. The van der Waals surface area contributed by atoms with Gasteiger partial charge in [-0.05, 0) is 18.8 Å². The van der Waals surface area contributed by atoms with Gasteiger partial charge in [0.25, 0.3) is 0 Å². The molecule has 0 aromatic carbocycles. The van der Waals surface area contributed by atoms with E-state index in [-0.39, 0.29) is 12.6 Å². The summed E-state index contributed by atoms with van der Waals surface area (Å²) in [5.41, 5.74) is 8.26. The maximum Gasteiger partial charge on any atom is 0.165 e. The molecule has 0 aliphatic heterocycles. The molecule has 2 atom stereocenters. The second kappa shape index (κ2) is 4.06. The number of allylic oxidation sites excluding steroid dienone is 1. The fraction of sp³-hybridized carbons (Fsp3) is 0.417. The first kappa shape index (κ1) is 11.2. The van der Waals surface area contributed by atoms with Crippen LogP contribution in [-0.4, -0.2) is 31.2 Å². The Hall–Kier alpha value is -1.95. The predicted octanol–water partition coefficient (Wildman–Crippen LogP) is 0.908. The molecule has 1 aliphatic rings. The molecule has 18 heavy (non-hydrogen) atoms. The number of hydrogen-bond acceptors (Lipinski definition) is 5. The minimum absolute atomic E-state index is 0.205. The molecule has 0 radical (unpaired) electrons. The molecule has 0 spiro atoms.